The molecule has 0 heterocycles. The quantitative estimate of drug-likeness (QED) is 0.644. The van der Waals surface area contributed by atoms with Crippen LogP contribution in [-0.4, -0.2) is 23.7 Å². The lowest BCUT2D eigenvalue weighted by Gasteiger charge is -2.01. The van der Waals surface area contributed by atoms with Crippen molar-refractivity contribution >= 4 is 11.9 Å². The van der Waals surface area contributed by atoms with Crippen molar-refractivity contribution in [1.82, 2.24) is 0 Å². The van der Waals surface area contributed by atoms with E-state index in [4.69, 9.17) is 9.90 Å². The summed E-state index contributed by atoms with van der Waals surface area (Å²) in [6.45, 7) is 7.01. The zero-order valence-corrected chi connectivity index (χ0v) is 7.96. The molecule has 0 aromatic carbocycles. The van der Waals surface area contributed by atoms with E-state index in [0.29, 0.717) is 6.61 Å². The van der Waals surface area contributed by atoms with E-state index in [2.05, 4.69) is 4.74 Å². The van der Waals surface area contributed by atoms with E-state index in [0.717, 1.165) is 6.92 Å². The lowest BCUT2D eigenvalue weighted by atomic mass is 10.2. The third-order valence-corrected chi connectivity index (χ3v) is 0.758. The molecule has 4 nitrogen and oxygen atoms in total. The summed E-state index contributed by atoms with van der Waals surface area (Å²) in [4.78, 5) is 19.5. The third-order valence-electron chi connectivity index (χ3n) is 0.758. The van der Waals surface area contributed by atoms with Crippen molar-refractivity contribution in [3.8, 4) is 0 Å². The summed E-state index contributed by atoms with van der Waals surface area (Å²) >= 11 is 0. The van der Waals surface area contributed by atoms with Gasteiger partial charge < -0.3 is 9.84 Å². The molecule has 0 saturated heterocycles. The number of hydrogen-bond donors (Lipinski definition) is 1. The highest BCUT2D eigenvalue weighted by atomic mass is 16.5. The average Bonchev–Trinajstić information content (AvgIpc) is 1.86. The van der Waals surface area contributed by atoms with Gasteiger partial charge in [0.2, 0.25) is 0 Å². The molecule has 0 aromatic rings. The van der Waals surface area contributed by atoms with Gasteiger partial charge in [-0.05, 0) is 6.92 Å². The van der Waals surface area contributed by atoms with Crippen LogP contribution < -0.4 is 0 Å². The second kappa shape index (κ2) is 8.04. The summed E-state index contributed by atoms with van der Waals surface area (Å²) in [7, 11) is 0. The van der Waals surface area contributed by atoms with Crippen LogP contribution in [0.4, 0.5) is 0 Å². The Balaban J connectivity index is 0. The fourth-order valence-corrected chi connectivity index (χ4v) is 0.309. The van der Waals surface area contributed by atoms with Gasteiger partial charge in [-0.1, -0.05) is 13.8 Å². The van der Waals surface area contributed by atoms with Crippen molar-refractivity contribution in [2.24, 2.45) is 5.92 Å². The number of aliphatic carboxylic acids is 1. The van der Waals surface area contributed by atoms with Crippen LogP contribution in [0.5, 0.6) is 0 Å². The Kier molecular flexibility index (Phi) is 9.06. The summed E-state index contributed by atoms with van der Waals surface area (Å²) in [5.41, 5.74) is 0. The lowest BCUT2D eigenvalue weighted by molar-refractivity contribution is -0.146. The van der Waals surface area contributed by atoms with E-state index in [9.17, 15) is 4.79 Å². The standard InChI is InChI=1S/C6H12O2.C2H4O2/c1-4-8-6(7)5(2)3;1-2(3)4/h5H,4H2,1-3H3;1H3,(H,3,4). The first-order valence-electron chi connectivity index (χ1n) is 3.78. The van der Waals surface area contributed by atoms with Crippen LogP contribution >= 0.6 is 0 Å². The number of ether oxygens (including phenoxy) is 1. The van der Waals surface area contributed by atoms with Crippen LogP contribution in [0.1, 0.15) is 27.7 Å². The molecule has 0 radical (unpaired) electrons. The summed E-state index contributed by atoms with van der Waals surface area (Å²) in [5, 5.41) is 7.42. The van der Waals surface area contributed by atoms with Gasteiger partial charge in [0.1, 0.15) is 0 Å². The van der Waals surface area contributed by atoms with Crippen molar-refractivity contribution in [3.05, 3.63) is 0 Å². The smallest absolute Gasteiger partial charge is 0.308 e. The van der Waals surface area contributed by atoms with Crippen molar-refractivity contribution < 1.29 is 19.4 Å². The van der Waals surface area contributed by atoms with Gasteiger partial charge in [0.25, 0.3) is 5.97 Å². The Morgan fingerprint density at radius 3 is 1.83 bits per heavy atom. The minimum Gasteiger partial charge on any atom is -0.481 e. The molecule has 0 aliphatic rings. The molecule has 0 atom stereocenters. The van der Waals surface area contributed by atoms with Gasteiger partial charge >= 0.3 is 5.97 Å². The fourth-order valence-electron chi connectivity index (χ4n) is 0.309. The van der Waals surface area contributed by atoms with E-state index in [-0.39, 0.29) is 11.9 Å². The first-order chi connectivity index (χ1) is 5.41. The van der Waals surface area contributed by atoms with E-state index in [1.807, 2.05) is 13.8 Å². The van der Waals surface area contributed by atoms with Crippen molar-refractivity contribution in [2.45, 2.75) is 27.7 Å². The van der Waals surface area contributed by atoms with Gasteiger partial charge in [0.05, 0.1) is 12.5 Å². The molecule has 0 unspecified atom stereocenters. The van der Waals surface area contributed by atoms with Crippen molar-refractivity contribution in [1.29, 1.82) is 0 Å². The van der Waals surface area contributed by atoms with Gasteiger partial charge in [0.15, 0.2) is 0 Å². The van der Waals surface area contributed by atoms with Crippen LogP contribution in [0.25, 0.3) is 0 Å². The predicted octanol–water partition coefficient (Wildman–Crippen LogP) is 1.30. The molecule has 0 amide bonds. The molecule has 0 aromatic heterocycles. The van der Waals surface area contributed by atoms with Gasteiger partial charge in [-0.2, -0.15) is 0 Å². The van der Waals surface area contributed by atoms with Gasteiger partial charge in [-0.3, -0.25) is 9.59 Å². The maximum Gasteiger partial charge on any atom is 0.308 e. The SMILES string of the molecule is CC(=O)O.CCOC(=O)C(C)C. The maximum absolute atomic E-state index is 10.5. The number of carboxylic acids is 1. The molecular weight excluding hydrogens is 160 g/mol. The molecule has 72 valence electrons. The van der Waals surface area contributed by atoms with E-state index in [1.165, 1.54) is 0 Å². The number of esters is 1. The number of carbonyl (C=O) groups is 2. The number of hydrogen-bond acceptors (Lipinski definition) is 3. The maximum atomic E-state index is 10.5. The Bertz CT molecular complexity index is 136. The zero-order valence-electron chi connectivity index (χ0n) is 7.96. The minimum absolute atomic E-state index is 0.00921. The molecule has 0 spiro atoms. The van der Waals surface area contributed by atoms with E-state index in [1.54, 1.807) is 6.92 Å². The average molecular weight is 176 g/mol. The largest absolute Gasteiger partial charge is 0.481 e. The summed E-state index contributed by atoms with van der Waals surface area (Å²) in [6, 6.07) is 0. The molecule has 0 fully saturated rings. The zero-order chi connectivity index (χ0) is 10.1. The van der Waals surface area contributed by atoms with Gasteiger partial charge in [-0.25, -0.2) is 0 Å². The predicted molar refractivity (Wildman–Crippen MR) is 44.8 cm³/mol. The van der Waals surface area contributed by atoms with Crippen LogP contribution in [0.2, 0.25) is 0 Å². The van der Waals surface area contributed by atoms with Crippen LogP contribution in [0.15, 0.2) is 0 Å². The summed E-state index contributed by atoms with van der Waals surface area (Å²) in [5.74, 6) is -0.942. The van der Waals surface area contributed by atoms with Crippen molar-refractivity contribution in [3.63, 3.8) is 0 Å². The topological polar surface area (TPSA) is 63.6 Å². The molecular formula is C8H16O4. The Hall–Kier alpha value is -1.06. The first kappa shape index (κ1) is 13.5. The fraction of sp³-hybridized carbons (Fsp3) is 0.750. The summed E-state index contributed by atoms with van der Waals surface area (Å²) in [6.07, 6.45) is 0. The first-order valence-corrected chi connectivity index (χ1v) is 3.78. The normalized spacial score (nSPS) is 8.42. The Labute approximate surface area is 72.5 Å². The molecule has 0 saturated carbocycles. The summed E-state index contributed by atoms with van der Waals surface area (Å²) < 4.78 is 4.66. The Morgan fingerprint density at radius 2 is 1.75 bits per heavy atom. The van der Waals surface area contributed by atoms with Crippen LogP contribution in [-0.2, 0) is 14.3 Å². The highest BCUT2D eigenvalue weighted by molar-refractivity contribution is 5.71. The molecule has 0 aliphatic carbocycles. The monoisotopic (exact) mass is 176 g/mol. The second-order valence-electron chi connectivity index (χ2n) is 2.43. The number of carbonyl (C=O) groups excluding carboxylic acids is 1. The molecule has 1 N–H and O–H groups in total. The highest BCUT2D eigenvalue weighted by Crippen LogP contribution is 1.93. The van der Waals surface area contributed by atoms with Crippen molar-refractivity contribution in [2.75, 3.05) is 6.61 Å². The minimum atomic E-state index is -0.833. The van der Waals surface area contributed by atoms with Crippen LogP contribution in [0.3, 0.4) is 0 Å². The number of carboxylic acid groups (broad SMARTS) is 1. The third kappa shape index (κ3) is 16.0. The molecule has 12 heavy (non-hydrogen) atoms. The molecule has 4 heteroatoms. The second-order valence-corrected chi connectivity index (χ2v) is 2.43. The molecule has 0 aliphatic heterocycles. The molecule has 0 rings (SSSR count). The Morgan fingerprint density at radius 1 is 1.42 bits per heavy atom. The highest BCUT2D eigenvalue weighted by Gasteiger charge is 2.04. The van der Waals surface area contributed by atoms with Gasteiger partial charge in [-0.15, -0.1) is 0 Å². The molecule has 0 bridgehead atoms. The lowest BCUT2D eigenvalue weighted by Crippen LogP contribution is -2.10. The number of rotatable bonds is 2. The van der Waals surface area contributed by atoms with E-state index < -0.39 is 5.97 Å². The van der Waals surface area contributed by atoms with Gasteiger partial charge in [0, 0.05) is 6.92 Å². The van der Waals surface area contributed by atoms with E-state index >= 15 is 0 Å². The van der Waals surface area contributed by atoms with Crippen LogP contribution in [0, 0.1) is 5.92 Å².